The maximum atomic E-state index is 11.9. The van der Waals surface area contributed by atoms with Gasteiger partial charge in [0.1, 0.15) is 0 Å². The molecule has 0 radical (unpaired) electrons. The van der Waals surface area contributed by atoms with Crippen molar-refractivity contribution in [2.45, 2.75) is 31.9 Å². The van der Waals surface area contributed by atoms with E-state index in [1.54, 1.807) is 0 Å². The quantitative estimate of drug-likeness (QED) is 0.547. The zero-order valence-electron chi connectivity index (χ0n) is 5.47. The standard InChI is InChI=1S/C5H7F5/c1-3(6)5(9,10)4(2,7)8/h3H,1-2H3. The second-order valence-electron chi connectivity index (χ2n) is 2.13. The molecule has 0 saturated heterocycles. The van der Waals surface area contributed by atoms with Gasteiger partial charge < -0.3 is 0 Å². The molecule has 0 heterocycles. The first kappa shape index (κ1) is 9.65. The summed E-state index contributed by atoms with van der Waals surface area (Å²) >= 11 is 0. The Morgan fingerprint density at radius 2 is 1.40 bits per heavy atom. The molecule has 1 unspecified atom stereocenters. The monoisotopic (exact) mass is 162 g/mol. The van der Waals surface area contributed by atoms with Crippen LogP contribution in [0.4, 0.5) is 22.0 Å². The average molecular weight is 162 g/mol. The van der Waals surface area contributed by atoms with Crippen molar-refractivity contribution in [3.63, 3.8) is 0 Å². The predicted octanol–water partition coefficient (Wildman–Crippen LogP) is 2.63. The van der Waals surface area contributed by atoms with Crippen LogP contribution in [0, 0.1) is 0 Å². The van der Waals surface area contributed by atoms with Crippen molar-refractivity contribution in [2.24, 2.45) is 0 Å². The predicted molar refractivity (Wildman–Crippen MR) is 26.1 cm³/mol. The lowest BCUT2D eigenvalue weighted by atomic mass is 10.1. The van der Waals surface area contributed by atoms with E-state index in [-0.39, 0.29) is 6.92 Å². The Hall–Kier alpha value is -0.350. The Morgan fingerprint density at radius 3 is 1.40 bits per heavy atom. The van der Waals surface area contributed by atoms with E-state index in [2.05, 4.69) is 0 Å². The first-order chi connectivity index (χ1) is 4.19. The van der Waals surface area contributed by atoms with Crippen LogP contribution in [-0.4, -0.2) is 18.0 Å². The van der Waals surface area contributed by atoms with Crippen molar-refractivity contribution in [1.82, 2.24) is 0 Å². The molecule has 0 rings (SSSR count). The van der Waals surface area contributed by atoms with Crippen LogP contribution in [0.1, 0.15) is 13.8 Å². The van der Waals surface area contributed by atoms with Gasteiger partial charge in [-0.3, -0.25) is 0 Å². The first-order valence-electron chi connectivity index (χ1n) is 2.59. The Morgan fingerprint density at radius 1 is 1.10 bits per heavy atom. The first-order valence-corrected chi connectivity index (χ1v) is 2.59. The van der Waals surface area contributed by atoms with Crippen LogP contribution in [0.5, 0.6) is 0 Å². The maximum Gasteiger partial charge on any atom is 0.339 e. The van der Waals surface area contributed by atoms with Gasteiger partial charge in [-0.05, 0) is 6.92 Å². The molecule has 0 amide bonds. The van der Waals surface area contributed by atoms with Gasteiger partial charge in [-0.1, -0.05) is 0 Å². The molecule has 0 aliphatic carbocycles. The third kappa shape index (κ3) is 1.58. The number of halogens is 5. The zero-order chi connectivity index (χ0) is 8.58. The fraction of sp³-hybridized carbons (Fsp3) is 1.00. The van der Waals surface area contributed by atoms with E-state index in [9.17, 15) is 22.0 Å². The zero-order valence-corrected chi connectivity index (χ0v) is 5.47. The Bertz CT molecular complexity index is 112. The smallest absolute Gasteiger partial charge is 0.241 e. The molecule has 62 valence electrons. The Kier molecular flexibility index (Phi) is 2.28. The molecule has 5 heteroatoms. The molecule has 0 aromatic carbocycles. The van der Waals surface area contributed by atoms with Crippen LogP contribution in [-0.2, 0) is 0 Å². The second kappa shape index (κ2) is 2.36. The highest BCUT2D eigenvalue weighted by Crippen LogP contribution is 2.37. The van der Waals surface area contributed by atoms with Crippen molar-refractivity contribution in [3.8, 4) is 0 Å². The largest absolute Gasteiger partial charge is 0.339 e. The average Bonchev–Trinajstić information content (AvgIpc) is 1.62. The topological polar surface area (TPSA) is 0 Å². The third-order valence-electron chi connectivity index (χ3n) is 1.08. The van der Waals surface area contributed by atoms with Gasteiger partial charge in [-0.25, -0.2) is 13.2 Å². The van der Waals surface area contributed by atoms with Crippen LogP contribution < -0.4 is 0 Å². The molecule has 0 saturated carbocycles. The molecule has 0 spiro atoms. The highest BCUT2D eigenvalue weighted by atomic mass is 19.3. The highest BCUT2D eigenvalue weighted by molar-refractivity contribution is 4.85. The van der Waals surface area contributed by atoms with E-state index in [1.165, 1.54) is 0 Å². The fourth-order valence-electron chi connectivity index (χ4n) is 0.349. The lowest BCUT2D eigenvalue weighted by Crippen LogP contribution is -2.44. The van der Waals surface area contributed by atoms with Crippen molar-refractivity contribution in [3.05, 3.63) is 0 Å². The minimum absolute atomic E-state index is 0.0108. The van der Waals surface area contributed by atoms with Gasteiger partial charge in [0.2, 0.25) is 0 Å². The lowest BCUT2D eigenvalue weighted by Gasteiger charge is -2.23. The molecule has 1 atom stereocenters. The molecule has 0 aromatic heterocycles. The van der Waals surface area contributed by atoms with E-state index in [4.69, 9.17) is 0 Å². The minimum Gasteiger partial charge on any atom is -0.241 e. The van der Waals surface area contributed by atoms with Crippen molar-refractivity contribution in [1.29, 1.82) is 0 Å². The summed E-state index contributed by atoms with van der Waals surface area (Å²) in [4.78, 5) is 0. The summed E-state index contributed by atoms with van der Waals surface area (Å²) in [6.45, 7) is 0.389. The Labute approximate surface area is 55.0 Å². The van der Waals surface area contributed by atoms with Gasteiger partial charge in [-0.2, -0.15) is 8.78 Å². The van der Waals surface area contributed by atoms with Gasteiger partial charge in [0.25, 0.3) is 0 Å². The maximum absolute atomic E-state index is 11.9. The van der Waals surface area contributed by atoms with Crippen LogP contribution in [0.25, 0.3) is 0 Å². The van der Waals surface area contributed by atoms with Crippen LogP contribution >= 0.6 is 0 Å². The van der Waals surface area contributed by atoms with E-state index >= 15 is 0 Å². The summed E-state index contributed by atoms with van der Waals surface area (Å²) in [6.07, 6.45) is -2.83. The molecule has 10 heavy (non-hydrogen) atoms. The second-order valence-corrected chi connectivity index (χ2v) is 2.13. The molecule has 0 N–H and O–H groups in total. The third-order valence-corrected chi connectivity index (χ3v) is 1.08. The van der Waals surface area contributed by atoms with E-state index < -0.39 is 18.0 Å². The normalized spacial score (nSPS) is 17.1. The molecule has 0 bridgehead atoms. The van der Waals surface area contributed by atoms with E-state index in [0.717, 1.165) is 0 Å². The Balaban J connectivity index is 4.40. The molecule has 0 nitrogen and oxygen atoms in total. The van der Waals surface area contributed by atoms with Gasteiger partial charge >= 0.3 is 11.8 Å². The fourth-order valence-corrected chi connectivity index (χ4v) is 0.349. The van der Waals surface area contributed by atoms with Gasteiger partial charge in [0, 0.05) is 6.92 Å². The molecular formula is C5H7F5. The summed E-state index contributed by atoms with van der Waals surface area (Å²) in [5.74, 6) is -8.85. The molecule has 0 aromatic rings. The van der Waals surface area contributed by atoms with Gasteiger partial charge in [-0.15, -0.1) is 0 Å². The summed E-state index contributed by atoms with van der Waals surface area (Å²) < 4.78 is 59.1. The molecule has 0 fully saturated rings. The lowest BCUT2D eigenvalue weighted by molar-refractivity contribution is -0.225. The molecule has 0 aliphatic rings. The molecule has 0 aliphatic heterocycles. The van der Waals surface area contributed by atoms with Gasteiger partial charge in [0.15, 0.2) is 6.17 Å². The number of hydrogen-bond donors (Lipinski definition) is 0. The van der Waals surface area contributed by atoms with Crippen LogP contribution in [0.15, 0.2) is 0 Å². The van der Waals surface area contributed by atoms with Crippen LogP contribution in [0.2, 0.25) is 0 Å². The minimum atomic E-state index is -4.56. The SMILES string of the molecule is CC(F)C(F)(F)C(C)(F)F. The summed E-state index contributed by atoms with van der Waals surface area (Å²) in [7, 11) is 0. The summed E-state index contributed by atoms with van der Waals surface area (Å²) in [5, 5.41) is 0. The van der Waals surface area contributed by atoms with E-state index in [0.29, 0.717) is 6.92 Å². The van der Waals surface area contributed by atoms with Crippen molar-refractivity contribution < 1.29 is 22.0 Å². The van der Waals surface area contributed by atoms with Gasteiger partial charge in [0.05, 0.1) is 0 Å². The summed E-state index contributed by atoms with van der Waals surface area (Å²) in [5.41, 5.74) is 0. The van der Waals surface area contributed by atoms with Crippen LogP contribution in [0.3, 0.4) is 0 Å². The van der Waals surface area contributed by atoms with E-state index in [1.807, 2.05) is 0 Å². The summed E-state index contributed by atoms with van der Waals surface area (Å²) in [6, 6.07) is 0. The number of rotatable bonds is 2. The van der Waals surface area contributed by atoms with Crippen molar-refractivity contribution >= 4 is 0 Å². The highest BCUT2D eigenvalue weighted by Gasteiger charge is 2.56. The van der Waals surface area contributed by atoms with Crippen molar-refractivity contribution in [2.75, 3.05) is 0 Å². The molecular weight excluding hydrogens is 155 g/mol. The number of hydrogen-bond acceptors (Lipinski definition) is 0. The number of alkyl halides is 5.